The van der Waals surface area contributed by atoms with Crippen LogP contribution in [0.25, 0.3) is 0 Å². The minimum atomic E-state index is -1.16. The predicted molar refractivity (Wildman–Crippen MR) is 164 cm³/mol. The Bertz CT molecular complexity index is 1450. The molecule has 3 aromatic carbocycles. The van der Waals surface area contributed by atoms with Crippen LogP contribution in [0.3, 0.4) is 0 Å². The molecule has 228 valence electrons. The monoisotopic (exact) mass is 607 g/mol. The van der Waals surface area contributed by atoms with E-state index in [1.165, 1.54) is 24.3 Å². The highest BCUT2D eigenvalue weighted by molar-refractivity contribution is 7.98. The summed E-state index contributed by atoms with van der Waals surface area (Å²) in [7, 11) is 0. The number of Topliss-reactive ketones (excluding diaryl/α,β-unsaturated/α-hetero) is 1. The molecule has 7 nitrogen and oxygen atoms in total. The quantitative estimate of drug-likeness (QED) is 0.139. The number of amides is 1. The molecule has 1 aliphatic heterocycles. The Morgan fingerprint density at radius 3 is 2.19 bits per heavy atom. The maximum absolute atomic E-state index is 13.8. The summed E-state index contributed by atoms with van der Waals surface area (Å²) < 4.78 is 30.1. The van der Waals surface area contributed by atoms with E-state index in [1.54, 1.807) is 37.4 Å². The SMILES string of the molecule is CCOC(=O)C(C)(C)Oc1c(C)cc(C[C@@H]2CN(C(=O)Oc3ccc(F)cc3)C[C@H]2C(=O)c2ccc(SC)cc2)cc1C. The number of thioether (sulfide) groups is 1. The number of benzene rings is 3. The standard InChI is InChI=1S/C34H38FNO6S/c1-7-40-32(38)34(4,5)42-31-21(2)16-23(17-22(31)3)18-25-19-36(33(39)41-27-12-10-26(35)11-13-27)20-29(25)30(37)24-8-14-28(43-6)15-9-24/h8-17,25,29H,7,18-20H2,1-6H3/t25-,29-/m1/s1. The topological polar surface area (TPSA) is 82.1 Å². The van der Waals surface area contributed by atoms with E-state index in [0.29, 0.717) is 24.3 Å². The molecule has 9 heteroatoms. The van der Waals surface area contributed by atoms with E-state index in [0.717, 1.165) is 21.6 Å². The lowest BCUT2D eigenvalue weighted by Gasteiger charge is -2.27. The number of hydrogen-bond donors (Lipinski definition) is 0. The van der Waals surface area contributed by atoms with Gasteiger partial charge in [-0.1, -0.05) is 24.3 Å². The van der Waals surface area contributed by atoms with Crippen LogP contribution >= 0.6 is 11.8 Å². The zero-order chi connectivity index (χ0) is 31.3. The van der Waals surface area contributed by atoms with Gasteiger partial charge in [0.05, 0.1) is 6.61 Å². The van der Waals surface area contributed by atoms with Gasteiger partial charge in [-0.2, -0.15) is 0 Å². The highest BCUT2D eigenvalue weighted by Crippen LogP contribution is 2.34. The van der Waals surface area contributed by atoms with Gasteiger partial charge in [0.1, 0.15) is 17.3 Å². The Balaban J connectivity index is 1.57. The fourth-order valence-corrected chi connectivity index (χ4v) is 5.79. The molecular weight excluding hydrogens is 569 g/mol. The Morgan fingerprint density at radius 2 is 1.60 bits per heavy atom. The van der Waals surface area contributed by atoms with Crippen LogP contribution in [0.15, 0.2) is 65.6 Å². The van der Waals surface area contributed by atoms with Gasteiger partial charge in [0.15, 0.2) is 11.4 Å². The second kappa shape index (κ2) is 13.6. The van der Waals surface area contributed by atoms with E-state index in [4.69, 9.17) is 14.2 Å². The second-order valence-electron chi connectivity index (χ2n) is 11.3. The largest absolute Gasteiger partial charge is 0.476 e. The molecule has 4 rings (SSSR count). The van der Waals surface area contributed by atoms with Gasteiger partial charge < -0.3 is 19.1 Å². The van der Waals surface area contributed by atoms with Crippen molar-refractivity contribution in [2.75, 3.05) is 26.0 Å². The van der Waals surface area contributed by atoms with E-state index in [9.17, 15) is 18.8 Å². The lowest BCUT2D eigenvalue weighted by atomic mass is 9.84. The minimum Gasteiger partial charge on any atom is -0.476 e. The number of rotatable bonds is 10. The molecule has 43 heavy (non-hydrogen) atoms. The number of nitrogens with zero attached hydrogens (tertiary/aromatic N) is 1. The molecule has 1 saturated heterocycles. The summed E-state index contributed by atoms with van der Waals surface area (Å²) >= 11 is 1.60. The molecule has 2 atom stereocenters. The molecule has 0 aliphatic carbocycles. The lowest BCUT2D eigenvalue weighted by Crippen LogP contribution is -2.40. The van der Waals surface area contributed by atoms with E-state index < -0.39 is 29.4 Å². The number of halogens is 1. The van der Waals surface area contributed by atoms with Crippen LogP contribution in [0.5, 0.6) is 11.5 Å². The summed E-state index contributed by atoms with van der Waals surface area (Å²) in [6, 6.07) is 16.8. The molecule has 1 fully saturated rings. The van der Waals surface area contributed by atoms with Crippen molar-refractivity contribution < 1.29 is 33.0 Å². The Labute approximate surface area is 256 Å². The molecule has 0 N–H and O–H groups in total. The molecule has 0 radical (unpaired) electrons. The van der Waals surface area contributed by atoms with E-state index in [1.807, 2.05) is 56.5 Å². The first-order valence-electron chi connectivity index (χ1n) is 14.3. The maximum atomic E-state index is 13.8. The van der Waals surface area contributed by atoms with Crippen molar-refractivity contribution in [3.63, 3.8) is 0 Å². The Kier molecular flexibility index (Phi) is 10.2. The van der Waals surface area contributed by atoms with E-state index >= 15 is 0 Å². The highest BCUT2D eigenvalue weighted by atomic mass is 32.2. The number of esters is 1. The van der Waals surface area contributed by atoms with E-state index in [-0.39, 0.29) is 30.6 Å². The van der Waals surface area contributed by atoms with Crippen LogP contribution in [-0.4, -0.2) is 54.3 Å². The number of ketones is 1. The molecule has 1 heterocycles. The number of likely N-dealkylation sites (tertiary alicyclic amines) is 1. The summed E-state index contributed by atoms with van der Waals surface area (Å²) in [5, 5.41) is 0. The van der Waals surface area contributed by atoms with Crippen molar-refractivity contribution in [1.29, 1.82) is 0 Å². The van der Waals surface area contributed by atoms with Crippen LogP contribution in [0.1, 0.15) is 47.8 Å². The van der Waals surface area contributed by atoms with Gasteiger partial charge in [0.25, 0.3) is 0 Å². The molecule has 3 aromatic rings. The van der Waals surface area contributed by atoms with Crippen LogP contribution in [-0.2, 0) is 16.0 Å². The fraction of sp³-hybridized carbons (Fsp3) is 0.382. The summed E-state index contributed by atoms with van der Waals surface area (Å²) in [5.74, 6) is -0.666. The van der Waals surface area contributed by atoms with Crippen LogP contribution in [0.4, 0.5) is 9.18 Å². The zero-order valence-electron chi connectivity index (χ0n) is 25.4. The molecule has 1 amide bonds. The lowest BCUT2D eigenvalue weighted by molar-refractivity contribution is -0.158. The fourth-order valence-electron chi connectivity index (χ4n) is 5.38. The Morgan fingerprint density at radius 1 is 0.977 bits per heavy atom. The van der Waals surface area contributed by atoms with Gasteiger partial charge >= 0.3 is 12.1 Å². The van der Waals surface area contributed by atoms with Gasteiger partial charge in [-0.15, -0.1) is 11.8 Å². The average molecular weight is 608 g/mol. The van der Waals surface area contributed by atoms with Crippen LogP contribution in [0, 0.1) is 31.5 Å². The van der Waals surface area contributed by atoms with Gasteiger partial charge in [0.2, 0.25) is 0 Å². The smallest absolute Gasteiger partial charge is 0.415 e. The number of carbonyl (C=O) groups is 3. The normalized spacial score (nSPS) is 16.6. The average Bonchev–Trinajstić information content (AvgIpc) is 3.40. The number of aryl methyl sites for hydroxylation is 2. The zero-order valence-corrected chi connectivity index (χ0v) is 26.3. The minimum absolute atomic E-state index is 0.0284. The highest BCUT2D eigenvalue weighted by Gasteiger charge is 2.41. The third-order valence-corrected chi connectivity index (χ3v) is 8.32. The molecule has 0 saturated carbocycles. The number of ether oxygens (including phenoxy) is 3. The van der Waals surface area contributed by atoms with Crippen molar-refractivity contribution in [3.8, 4) is 11.5 Å². The molecule has 0 unspecified atom stereocenters. The van der Waals surface area contributed by atoms with Gasteiger partial charge in [-0.3, -0.25) is 4.79 Å². The first-order valence-corrected chi connectivity index (χ1v) is 15.5. The second-order valence-corrected chi connectivity index (χ2v) is 12.2. The van der Waals surface area contributed by atoms with Crippen molar-refractivity contribution in [3.05, 3.63) is 88.7 Å². The number of hydrogen-bond acceptors (Lipinski definition) is 7. The van der Waals surface area contributed by atoms with Crippen molar-refractivity contribution >= 4 is 29.6 Å². The summed E-state index contributed by atoms with van der Waals surface area (Å²) in [4.78, 5) is 41.9. The van der Waals surface area contributed by atoms with Crippen molar-refractivity contribution in [1.82, 2.24) is 4.90 Å². The molecule has 0 bridgehead atoms. The predicted octanol–water partition coefficient (Wildman–Crippen LogP) is 7.06. The van der Waals surface area contributed by atoms with Crippen LogP contribution < -0.4 is 9.47 Å². The van der Waals surface area contributed by atoms with Crippen molar-refractivity contribution in [2.24, 2.45) is 11.8 Å². The van der Waals surface area contributed by atoms with Gasteiger partial charge in [-0.05, 0) is 106 Å². The summed E-state index contributed by atoms with van der Waals surface area (Å²) in [5.41, 5.74) is 2.14. The number of carbonyl (C=O) groups excluding carboxylic acids is 3. The van der Waals surface area contributed by atoms with Gasteiger partial charge in [0, 0.05) is 29.5 Å². The molecular formula is C34H38FNO6S. The molecule has 1 aliphatic rings. The van der Waals surface area contributed by atoms with Gasteiger partial charge in [-0.25, -0.2) is 14.0 Å². The first-order chi connectivity index (χ1) is 20.4. The first kappa shape index (κ1) is 32.1. The Hall–Kier alpha value is -3.85. The third-order valence-electron chi connectivity index (χ3n) is 7.57. The molecule has 0 aromatic heterocycles. The van der Waals surface area contributed by atoms with E-state index in [2.05, 4.69) is 0 Å². The van der Waals surface area contributed by atoms with Crippen LogP contribution in [0.2, 0.25) is 0 Å². The summed E-state index contributed by atoms with van der Waals surface area (Å²) in [6.07, 6.45) is 1.94. The third kappa shape index (κ3) is 7.76. The maximum Gasteiger partial charge on any atom is 0.415 e. The molecule has 0 spiro atoms. The summed E-state index contributed by atoms with van der Waals surface area (Å²) in [6.45, 7) is 9.75. The van der Waals surface area contributed by atoms with Crippen molar-refractivity contribution in [2.45, 2.75) is 51.5 Å².